The number of carbonyl (C=O) groups is 2. The normalized spacial score (nSPS) is 11.2. The van der Waals surface area contributed by atoms with Gasteiger partial charge >= 0.3 is 0 Å². The molecule has 0 unspecified atom stereocenters. The van der Waals surface area contributed by atoms with E-state index in [-0.39, 0.29) is 29.9 Å². The Balaban J connectivity index is 2.09. The van der Waals surface area contributed by atoms with Crippen LogP contribution in [0.4, 0.5) is 0 Å². The number of hydrogen-bond donors (Lipinski definition) is 1. The van der Waals surface area contributed by atoms with E-state index in [2.05, 4.69) is 4.72 Å². The maximum absolute atomic E-state index is 12.9. The molecule has 0 atom stereocenters. The molecule has 0 bridgehead atoms. The molecule has 0 heterocycles. The van der Waals surface area contributed by atoms with Gasteiger partial charge in [-0.25, -0.2) is 13.1 Å². The van der Waals surface area contributed by atoms with E-state index in [0.717, 1.165) is 5.56 Å². The highest BCUT2D eigenvalue weighted by Crippen LogP contribution is 2.15. The van der Waals surface area contributed by atoms with Crippen LogP contribution < -0.4 is 4.72 Å². The van der Waals surface area contributed by atoms with Gasteiger partial charge in [-0.1, -0.05) is 12.1 Å². The summed E-state index contributed by atoms with van der Waals surface area (Å²) in [6, 6.07) is 13.0. The van der Waals surface area contributed by atoms with E-state index in [1.807, 2.05) is 19.1 Å². The minimum Gasteiger partial charge on any atom is -0.383 e. The van der Waals surface area contributed by atoms with Crippen molar-refractivity contribution in [2.24, 2.45) is 0 Å². The van der Waals surface area contributed by atoms with Crippen LogP contribution in [0, 0.1) is 0 Å². The molecule has 9 heteroatoms. The van der Waals surface area contributed by atoms with Gasteiger partial charge in [0.25, 0.3) is 11.8 Å². The Bertz CT molecular complexity index is 987. The topological polar surface area (TPSA) is 96.0 Å². The zero-order valence-corrected chi connectivity index (χ0v) is 19.1. The average molecular weight is 448 g/mol. The summed E-state index contributed by atoms with van der Waals surface area (Å²) in [5.41, 5.74) is 1.88. The quantitative estimate of drug-likeness (QED) is 0.562. The Labute approximate surface area is 183 Å². The molecule has 2 aromatic rings. The van der Waals surface area contributed by atoms with Crippen LogP contribution in [0.5, 0.6) is 0 Å². The van der Waals surface area contributed by atoms with Gasteiger partial charge in [0, 0.05) is 52.0 Å². The Hall–Kier alpha value is -2.75. The Kier molecular flexibility index (Phi) is 8.73. The highest BCUT2D eigenvalue weighted by atomic mass is 32.2. The third-order valence-corrected chi connectivity index (χ3v) is 6.14. The number of benzene rings is 2. The molecule has 0 aliphatic heterocycles. The van der Waals surface area contributed by atoms with Gasteiger partial charge in [-0.3, -0.25) is 9.59 Å². The van der Waals surface area contributed by atoms with Crippen molar-refractivity contribution in [3.63, 3.8) is 0 Å². The molecule has 2 amide bonds. The molecule has 0 fully saturated rings. The second-order valence-corrected chi connectivity index (χ2v) is 8.90. The van der Waals surface area contributed by atoms with E-state index in [9.17, 15) is 18.0 Å². The molecule has 2 rings (SSSR count). The maximum atomic E-state index is 12.9. The third-order valence-electron chi connectivity index (χ3n) is 4.66. The number of rotatable bonds is 10. The van der Waals surface area contributed by atoms with E-state index in [4.69, 9.17) is 4.74 Å². The van der Waals surface area contributed by atoms with Crippen LogP contribution in [0.3, 0.4) is 0 Å². The van der Waals surface area contributed by atoms with Gasteiger partial charge < -0.3 is 14.5 Å². The molecule has 0 saturated heterocycles. The molecule has 0 spiro atoms. The molecule has 1 N–H and O–H groups in total. The lowest BCUT2D eigenvalue weighted by Crippen LogP contribution is -2.30. The van der Waals surface area contributed by atoms with Gasteiger partial charge in [0.2, 0.25) is 10.0 Å². The molecule has 0 radical (unpaired) electrons. The molecule has 2 aromatic carbocycles. The standard InChI is InChI=1S/C22H29N3O5S/c1-5-25(16-17-6-8-18(9-7-17)21(26)24(2)3)22(27)19-10-12-20(13-11-19)31(28,29)23-14-15-30-4/h6-13,23H,5,14-16H2,1-4H3. The summed E-state index contributed by atoms with van der Waals surface area (Å²) < 4.78 is 31.8. The van der Waals surface area contributed by atoms with Gasteiger partial charge in [0.05, 0.1) is 11.5 Å². The Morgan fingerprint density at radius 1 is 0.935 bits per heavy atom. The van der Waals surface area contributed by atoms with Crippen LogP contribution in [0.15, 0.2) is 53.4 Å². The predicted molar refractivity (Wildman–Crippen MR) is 118 cm³/mol. The lowest BCUT2D eigenvalue weighted by Gasteiger charge is -2.21. The number of nitrogens with zero attached hydrogens (tertiary/aromatic N) is 2. The number of carbonyl (C=O) groups excluding carboxylic acids is 2. The van der Waals surface area contributed by atoms with E-state index >= 15 is 0 Å². The van der Waals surface area contributed by atoms with Gasteiger partial charge in [-0.2, -0.15) is 0 Å². The number of sulfonamides is 1. The van der Waals surface area contributed by atoms with Crippen LogP contribution in [-0.2, 0) is 21.3 Å². The zero-order valence-electron chi connectivity index (χ0n) is 18.3. The Morgan fingerprint density at radius 3 is 2.00 bits per heavy atom. The van der Waals surface area contributed by atoms with Gasteiger partial charge in [-0.05, 0) is 48.9 Å². The monoisotopic (exact) mass is 447 g/mol. The van der Waals surface area contributed by atoms with Crippen molar-refractivity contribution < 1.29 is 22.7 Å². The van der Waals surface area contributed by atoms with E-state index in [1.54, 1.807) is 31.1 Å². The molecular weight excluding hydrogens is 418 g/mol. The highest BCUT2D eigenvalue weighted by Gasteiger charge is 2.18. The molecule has 8 nitrogen and oxygen atoms in total. The summed E-state index contributed by atoms with van der Waals surface area (Å²) in [5, 5.41) is 0. The van der Waals surface area contributed by atoms with Crippen LogP contribution in [0.2, 0.25) is 0 Å². The molecule has 168 valence electrons. The first-order chi connectivity index (χ1) is 14.7. The van der Waals surface area contributed by atoms with Crippen molar-refractivity contribution in [1.29, 1.82) is 0 Å². The smallest absolute Gasteiger partial charge is 0.254 e. The fourth-order valence-corrected chi connectivity index (χ4v) is 3.89. The summed E-state index contributed by atoms with van der Waals surface area (Å²) in [6.07, 6.45) is 0. The molecule has 0 aliphatic carbocycles. The fourth-order valence-electron chi connectivity index (χ4n) is 2.88. The Morgan fingerprint density at radius 2 is 1.48 bits per heavy atom. The van der Waals surface area contributed by atoms with Crippen molar-refractivity contribution in [1.82, 2.24) is 14.5 Å². The largest absolute Gasteiger partial charge is 0.383 e. The lowest BCUT2D eigenvalue weighted by molar-refractivity contribution is 0.0751. The summed E-state index contributed by atoms with van der Waals surface area (Å²) >= 11 is 0. The first kappa shape index (κ1) is 24.5. The van der Waals surface area contributed by atoms with Crippen LogP contribution in [0.25, 0.3) is 0 Å². The minimum absolute atomic E-state index is 0.0817. The maximum Gasteiger partial charge on any atom is 0.254 e. The van der Waals surface area contributed by atoms with E-state index in [0.29, 0.717) is 24.2 Å². The van der Waals surface area contributed by atoms with Crippen LogP contribution in [-0.4, -0.2) is 70.9 Å². The van der Waals surface area contributed by atoms with Gasteiger partial charge in [0.15, 0.2) is 0 Å². The molecule has 0 saturated carbocycles. The van der Waals surface area contributed by atoms with Crippen molar-refractivity contribution >= 4 is 21.8 Å². The average Bonchev–Trinajstić information content (AvgIpc) is 2.77. The molecule has 0 aliphatic rings. The summed E-state index contributed by atoms with van der Waals surface area (Å²) in [4.78, 5) is 28.2. The first-order valence-electron chi connectivity index (χ1n) is 9.88. The number of ether oxygens (including phenoxy) is 1. The number of amides is 2. The fraction of sp³-hybridized carbons (Fsp3) is 0.364. The van der Waals surface area contributed by atoms with Crippen molar-refractivity contribution in [3.05, 3.63) is 65.2 Å². The number of nitrogens with one attached hydrogen (secondary N) is 1. The van der Waals surface area contributed by atoms with Crippen LogP contribution in [0.1, 0.15) is 33.2 Å². The second-order valence-electron chi connectivity index (χ2n) is 7.13. The van der Waals surface area contributed by atoms with E-state index < -0.39 is 10.0 Å². The summed E-state index contributed by atoms with van der Waals surface area (Å²) in [7, 11) is 1.23. The van der Waals surface area contributed by atoms with Gasteiger partial charge in [0.1, 0.15) is 0 Å². The first-order valence-corrected chi connectivity index (χ1v) is 11.4. The third kappa shape index (κ3) is 6.61. The zero-order chi connectivity index (χ0) is 23.0. The molecule has 0 aromatic heterocycles. The SMILES string of the molecule is CCN(Cc1ccc(C(=O)N(C)C)cc1)C(=O)c1ccc(S(=O)(=O)NCCOC)cc1. The minimum atomic E-state index is -3.65. The predicted octanol–water partition coefficient (Wildman–Crippen LogP) is 1.98. The van der Waals surface area contributed by atoms with Gasteiger partial charge in [-0.15, -0.1) is 0 Å². The summed E-state index contributed by atoms with van der Waals surface area (Å²) in [6.45, 7) is 3.17. The highest BCUT2D eigenvalue weighted by molar-refractivity contribution is 7.89. The van der Waals surface area contributed by atoms with Crippen molar-refractivity contribution in [3.8, 4) is 0 Å². The number of methoxy groups -OCH3 is 1. The van der Waals surface area contributed by atoms with Crippen LogP contribution >= 0.6 is 0 Å². The molecular formula is C22H29N3O5S. The molecule has 31 heavy (non-hydrogen) atoms. The lowest BCUT2D eigenvalue weighted by atomic mass is 10.1. The second kappa shape index (κ2) is 11.0. The van der Waals surface area contributed by atoms with Crippen molar-refractivity contribution in [2.75, 3.05) is 40.9 Å². The van der Waals surface area contributed by atoms with Crippen molar-refractivity contribution in [2.45, 2.75) is 18.4 Å². The van der Waals surface area contributed by atoms with E-state index in [1.165, 1.54) is 36.3 Å². The summed E-state index contributed by atoms with van der Waals surface area (Å²) in [5.74, 6) is -0.283. The number of hydrogen-bond acceptors (Lipinski definition) is 5.